The van der Waals surface area contributed by atoms with Crippen LogP contribution in [0.4, 0.5) is 11.4 Å². The Bertz CT molecular complexity index is 713. The fraction of sp³-hybridized carbons (Fsp3) is 0.235. The largest absolute Gasteiger partial charge is 0.493 e. The monoisotopic (exact) mass is 314 g/mol. The molecule has 0 saturated carbocycles. The van der Waals surface area contributed by atoms with E-state index >= 15 is 0 Å². The summed E-state index contributed by atoms with van der Waals surface area (Å²) in [6.45, 7) is 4.65. The van der Waals surface area contributed by atoms with Crippen LogP contribution in [0.5, 0.6) is 5.75 Å². The summed E-state index contributed by atoms with van der Waals surface area (Å²) >= 11 is 0. The highest BCUT2D eigenvalue weighted by molar-refractivity contribution is 6.07. The molecule has 2 aromatic rings. The van der Waals surface area contributed by atoms with Gasteiger partial charge in [0.1, 0.15) is 11.3 Å². The van der Waals surface area contributed by atoms with E-state index < -0.39 is 10.8 Å². The van der Waals surface area contributed by atoms with Crippen LogP contribution < -0.4 is 10.1 Å². The molecule has 0 radical (unpaired) electrons. The molecule has 120 valence electrons. The normalized spacial score (nSPS) is 10.4. The molecule has 2 rings (SSSR count). The first-order valence-electron chi connectivity index (χ1n) is 7.25. The maximum absolute atomic E-state index is 12.3. The number of anilines is 1. The Hall–Kier alpha value is -2.89. The number of carbonyl (C=O) groups is 1. The summed E-state index contributed by atoms with van der Waals surface area (Å²) in [7, 11) is 0. The van der Waals surface area contributed by atoms with Gasteiger partial charge in [0, 0.05) is 17.8 Å². The number of rotatable bonds is 6. The van der Waals surface area contributed by atoms with Crippen LogP contribution >= 0.6 is 0 Å². The van der Waals surface area contributed by atoms with Crippen molar-refractivity contribution in [2.75, 3.05) is 11.9 Å². The molecule has 23 heavy (non-hydrogen) atoms. The van der Waals surface area contributed by atoms with Crippen LogP contribution in [0, 0.1) is 16.0 Å². The van der Waals surface area contributed by atoms with Crippen LogP contribution in [0.15, 0.2) is 48.5 Å². The van der Waals surface area contributed by atoms with E-state index in [0.29, 0.717) is 24.0 Å². The van der Waals surface area contributed by atoms with Gasteiger partial charge in [-0.25, -0.2) is 0 Å². The van der Waals surface area contributed by atoms with Crippen molar-refractivity contribution in [2.24, 2.45) is 5.92 Å². The molecule has 2 aromatic carbocycles. The number of hydrogen-bond donors (Lipinski definition) is 1. The third kappa shape index (κ3) is 4.54. The standard InChI is InChI=1S/C17H18N2O4/c1-12(2)11-23-14-7-5-6-13(10-14)18-17(20)15-8-3-4-9-16(15)19(21)22/h3-10,12H,11H2,1-2H3,(H,18,20). The van der Waals surface area contributed by atoms with E-state index in [1.807, 2.05) is 13.8 Å². The van der Waals surface area contributed by atoms with Crippen molar-refractivity contribution in [3.8, 4) is 5.75 Å². The smallest absolute Gasteiger partial charge is 0.282 e. The average molecular weight is 314 g/mol. The van der Waals surface area contributed by atoms with Gasteiger partial charge in [0.25, 0.3) is 11.6 Å². The third-order valence-corrected chi connectivity index (χ3v) is 3.02. The Balaban J connectivity index is 2.15. The van der Waals surface area contributed by atoms with Crippen molar-refractivity contribution in [1.29, 1.82) is 0 Å². The molecule has 0 bridgehead atoms. The van der Waals surface area contributed by atoms with Gasteiger partial charge >= 0.3 is 0 Å². The number of hydrogen-bond acceptors (Lipinski definition) is 4. The zero-order valence-electron chi connectivity index (χ0n) is 13.0. The van der Waals surface area contributed by atoms with Gasteiger partial charge in [0.15, 0.2) is 0 Å². The first-order chi connectivity index (χ1) is 11.0. The second kappa shape index (κ2) is 7.40. The van der Waals surface area contributed by atoms with Gasteiger partial charge in [-0.3, -0.25) is 14.9 Å². The van der Waals surface area contributed by atoms with Crippen molar-refractivity contribution in [3.63, 3.8) is 0 Å². The zero-order chi connectivity index (χ0) is 16.8. The molecule has 0 unspecified atom stereocenters. The number of para-hydroxylation sites is 1. The average Bonchev–Trinajstić information content (AvgIpc) is 2.53. The Kier molecular flexibility index (Phi) is 5.30. The fourth-order valence-corrected chi connectivity index (χ4v) is 1.95. The predicted molar refractivity (Wildman–Crippen MR) is 87.8 cm³/mol. The van der Waals surface area contributed by atoms with Crippen molar-refractivity contribution < 1.29 is 14.5 Å². The zero-order valence-corrected chi connectivity index (χ0v) is 13.0. The molecule has 0 spiro atoms. The van der Waals surface area contributed by atoms with Gasteiger partial charge in [-0.1, -0.05) is 32.0 Å². The number of carbonyl (C=O) groups excluding carboxylic acids is 1. The third-order valence-electron chi connectivity index (χ3n) is 3.02. The SMILES string of the molecule is CC(C)COc1cccc(NC(=O)c2ccccc2[N+](=O)[O-])c1. The number of nitro groups is 1. The van der Waals surface area contributed by atoms with Gasteiger partial charge in [-0.2, -0.15) is 0 Å². The van der Waals surface area contributed by atoms with Gasteiger partial charge in [-0.05, 0) is 24.1 Å². The molecule has 1 N–H and O–H groups in total. The van der Waals surface area contributed by atoms with Crippen LogP contribution in [-0.2, 0) is 0 Å². The van der Waals surface area contributed by atoms with Crippen LogP contribution in [0.3, 0.4) is 0 Å². The maximum atomic E-state index is 12.3. The minimum Gasteiger partial charge on any atom is -0.493 e. The molecule has 0 aliphatic carbocycles. The van der Waals surface area contributed by atoms with Crippen LogP contribution in [0.25, 0.3) is 0 Å². The van der Waals surface area contributed by atoms with Crippen molar-refractivity contribution in [2.45, 2.75) is 13.8 Å². The molecule has 0 saturated heterocycles. The Morgan fingerprint density at radius 2 is 1.96 bits per heavy atom. The molecule has 0 heterocycles. The summed E-state index contributed by atoms with van der Waals surface area (Å²) in [6, 6.07) is 12.8. The second-order valence-electron chi connectivity index (χ2n) is 5.46. The van der Waals surface area contributed by atoms with Crippen LogP contribution in [0.2, 0.25) is 0 Å². The van der Waals surface area contributed by atoms with Crippen LogP contribution in [0.1, 0.15) is 24.2 Å². The quantitative estimate of drug-likeness (QED) is 0.648. The fourth-order valence-electron chi connectivity index (χ4n) is 1.95. The molecule has 1 amide bonds. The van der Waals surface area contributed by atoms with Crippen molar-refractivity contribution in [3.05, 3.63) is 64.2 Å². The second-order valence-corrected chi connectivity index (χ2v) is 5.46. The number of amides is 1. The molecule has 0 aliphatic heterocycles. The predicted octanol–water partition coefficient (Wildman–Crippen LogP) is 3.88. The summed E-state index contributed by atoms with van der Waals surface area (Å²) in [4.78, 5) is 22.7. The molecular weight excluding hydrogens is 296 g/mol. The van der Waals surface area contributed by atoms with E-state index in [9.17, 15) is 14.9 Å². The Labute approximate surface area is 134 Å². The number of nitrogens with one attached hydrogen (secondary N) is 1. The van der Waals surface area contributed by atoms with E-state index in [2.05, 4.69) is 5.32 Å². The lowest BCUT2D eigenvalue weighted by atomic mass is 10.1. The summed E-state index contributed by atoms with van der Waals surface area (Å²) in [6.07, 6.45) is 0. The lowest BCUT2D eigenvalue weighted by molar-refractivity contribution is -0.385. The maximum Gasteiger partial charge on any atom is 0.282 e. The summed E-state index contributed by atoms with van der Waals surface area (Å²) in [5.41, 5.74) is 0.317. The lowest BCUT2D eigenvalue weighted by Gasteiger charge is -2.11. The number of nitrogens with zero attached hydrogens (tertiary/aromatic N) is 1. The molecule has 0 aromatic heterocycles. The van der Waals surface area contributed by atoms with E-state index in [1.165, 1.54) is 18.2 Å². The van der Waals surface area contributed by atoms with E-state index in [1.54, 1.807) is 30.3 Å². The summed E-state index contributed by atoms with van der Waals surface area (Å²) in [5.74, 6) is 0.498. The molecule has 6 nitrogen and oxygen atoms in total. The van der Waals surface area contributed by atoms with Gasteiger partial charge in [0.05, 0.1) is 11.5 Å². The van der Waals surface area contributed by atoms with Gasteiger partial charge < -0.3 is 10.1 Å². The lowest BCUT2D eigenvalue weighted by Crippen LogP contribution is -2.14. The van der Waals surface area contributed by atoms with Gasteiger partial charge in [0.2, 0.25) is 0 Å². The van der Waals surface area contributed by atoms with Crippen LogP contribution in [-0.4, -0.2) is 17.4 Å². The summed E-state index contributed by atoms with van der Waals surface area (Å²) in [5, 5.41) is 13.6. The van der Waals surface area contributed by atoms with E-state index in [4.69, 9.17) is 4.74 Å². The number of benzene rings is 2. The molecule has 0 aliphatic rings. The minimum absolute atomic E-state index is 0.0194. The number of ether oxygens (including phenoxy) is 1. The highest BCUT2D eigenvalue weighted by Gasteiger charge is 2.19. The van der Waals surface area contributed by atoms with Gasteiger partial charge in [-0.15, -0.1) is 0 Å². The van der Waals surface area contributed by atoms with Crippen molar-refractivity contribution in [1.82, 2.24) is 0 Å². The first-order valence-corrected chi connectivity index (χ1v) is 7.25. The molecule has 0 fully saturated rings. The van der Waals surface area contributed by atoms with E-state index in [0.717, 1.165) is 0 Å². The van der Waals surface area contributed by atoms with Crippen molar-refractivity contribution >= 4 is 17.3 Å². The molecular formula is C17H18N2O4. The summed E-state index contributed by atoms with van der Waals surface area (Å²) < 4.78 is 5.60. The molecule has 6 heteroatoms. The highest BCUT2D eigenvalue weighted by Crippen LogP contribution is 2.22. The minimum atomic E-state index is -0.572. The van der Waals surface area contributed by atoms with E-state index in [-0.39, 0.29) is 11.3 Å². The Morgan fingerprint density at radius 3 is 2.65 bits per heavy atom. The highest BCUT2D eigenvalue weighted by atomic mass is 16.6. The molecule has 0 atom stereocenters. The first kappa shape index (κ1) is 16.5. The Morgan fingerprint density at radius 1 is 1.22 bits per heavy atom. The number of nitro benzene ring substituents is 1. The topological polar surface area (TPSA) is 81.5 Å².